The highest BCUT2D eigenvalue weighted by Gasteiger charge is 2.15. The zero-order valence-corrected chi connectivity index (χ0v) is 12.2. The van der Waals surface area contributed by atoms with Gasteiger partial charge in [-0.15, -0.1) is 0 Å². The molecule has 1 saturated carbocycles. The molecule has 1 fully saturated rings. The zero-order valence-electron chi connectivity index (χ0n) is 11.4. The maximum absolute atomic E-state index is 4.48. The largest absolute Gasteiger partial charge is 0.353 e. The second kappa shape index (κ2) is 5.78. The van der Waals surface area contributed by atoms with E-state index in [0.717, 1.165) is 12.5 Å². The van der Waals surface area contributed by atoms with Crippen LogP contribution in [0.25, 0.3) is 0 Å². The number of aromatic nitrogens is 2. The molecule has 3 nitrogen and oxygen atoms in total. The first kappa shape index (κ1) is 12.7. The van der Waals surface area contributed by atoms with Crippen LogP contribution in [0.3, 0.4) is 0 Å². The van der Waals surface area contributed by atoms with Crippen molar-refractivity contribution >= 4 is 17.3 Å². The van der Waals surface area contributed by atoms with Crippen LogP contribution in [0.1, 0.15) is 43.2 Å². The minimum atomic E-state index is 0.610. The highest BCUT2D eigenvalue weighted by atomic mass is 32.1. The fourth-order valence-electron chi connectivity index (χ4n) is 2.74. The van der Waals surface area contributed by atoms with Gasteiger partial charge in [-0.1, -0.05) is 19.3 Å². The number of hydrogen-bond acceptors (Lipinski definition) is 3. The molecular formula is C15H21N3S. The third kappa shape index (κ3) is 3.00. The van der Waals surface area contributed by atoms with Crippen molar-refractivity contribution in [2.45, 2.75) is 51.6 Å². The molecule has 0 aromatic carbocycles. The summed E-state index contributed by atoms with van der Waals surface area (Å²) in [6.07, 6.45) is 10.6. The molecule has 2 heterocycles. The van der Waals surface area contributed by atoms with Crippen LogP contribution in [0, 0.1) is 6.92 Å². The molecule has 4 heteroatoms. The molecule has 0 bridgehead atoms. The predicted octanol–water partition coefficient (Wildman–Crippen LogP) is 4.05. The molecule has 1 aliphatic rings. The Balaban J connectivity index is 1.69. The normalized spacial score (nSPS) is 16.7. The number of hydrogen-bond donors (Lipinski definition) is 1. The van der Waals surface area contributed by atoms with Crippen molar-refractivity contribution in [2.75, 3.05) is 5.32 Å². The average Bonchev–Trinajstić information content (AvgIpc) is 3.02. The molecule has 2 aromatic heterocycles. The van der Waals surface area contributed by atoms with E-state index in [1.54, 1.807) is 11.3 Å². The Bertz CT molecular complexity index is 523. The average molecular weight is 275 g/mol. The third-order valence-corrected chi connectivity index (χ3v) is 4.87. The van der Waals surface area contributed by atoms with E-state index in [2.05, 4.69) is 38.7 Å². The van der Waals surface area contributed by atoms with E-state index in [-0.39, 0.29) is 0 Å². The highest BCUT2D eigenvalue weighted by molar-refractivity contribution is 7.08. The van der Waals surface area contributed by atoms with Gasteiger partial charge in [0.05, 0.1) is 6.54 Å². The molecule has 2 aromatic rings. The standard InChI is InChI=1S/C15H21N3S/c1-12-10-19-11-13(12)9-18-8-7-16-15(18)17-14-5-3-2-4-6-14/h7-8,10-11,14H,2-6,9H2,1H3,(H,16,17). The molecule has 1 N–H and O–H groups in total. The van der Waals surface area contributed by atoms with Crippen LogP contribution >= 0.6 is 11.3 Å². The summed E-state index contributed by atoms with van der Waals surface area (Å²) in [5.74, 6) is 1.03. The Morgan fingerprint density at radius 1 is 1.32 bits per heavy atom. The van der Waals surface area contributed by atoms with Crippen molar-refractivity contribution in [2.24, 2.45) is 0 Å². The number of imidazole rings is 1. The first-order valence-corrected chi connectivity index (χ1v) is 8.06. The van der Waals surface area contributed by atoms with Crippen molar-refractivity contribution < 1.29 is 0 Å². The van der Waals surface area contributed by atoms with Gasteiger partial charge in [-0.05, 0) is 41.7 Å². The molecule has 0 saturated heterocycles. The van der Waals surface area contributed by atoms with Gasteiger partial charge < -0.3 is 9.88 Å². The molecule has 19 heavy (non-hydrogen) atoms. The minimum absolute atomic E-state index is 0.610. The highest BCUT2D eigenvalue weighted by Crippen LogP contribution is 2.22. The van der Waals surface area contributed by atoms with Crippen LogP contribution in [0.15, 0.2) is 23.2 Å². The van der Waals surface area contributed by atoms with E-state index in [0.29, 0.717) is 6.04 Å². The lowest BCUT2D eigenvalue weighted by atomic mass is 9.96. The van der Waals surface area contributed by atoms with Gasteiger partial charge in [0.25, 0.3) is 0 Å². The van der Waals surface area contributed by atoms with Crippen molar-refractivity contribution in [1.82, 2.24) is 9.55 Å². The molecule has 0 aliphatic heterocycles. The quantitative estimate of drug-likeness (QED) is 0.912. The molecule has 1 aliphatic carbocycles. The van der Waals surface area contributed by atoms with Gasteiger partial charge in [0.1, 0.15) is 0 Å². The Kier molecular flexibility index (Phi) is 3.87. The van der Waals surface area contributed by atoms with Gasteiger partial charge in [0.15, 0.2) is 0 Å². The van der Waals surface area contributed by atoms with E-state index in [1.165, 1.54) is 43.2 Å². The van der Waals surface area contributed by atoms with E-state index in [9.17, 15) is 0 Å². The number of rotatable bonds is 4. The van der Waals surface area contributed by atoms with Crippen LogP contribution in [-0.4, -0.2) is 15.6 Å². The molecular weight excluding hydrogens is 254 g/mol. The van der Waals surface area contributed by atoms with E-state index < -0.39 is 0 Å². The number of thiophene rings is 1. The van der Waals surface area contributed by atoms with Gasteiger partial charge in [-0.25, -0.2) is 4.98 Å². The summed E-state index contributed by atoms with van der Waals surface area (Å²) < 4.78 is 2.23. The molecule has 0 unspecified atom stereocenters. The van der Waals surface area contributed by atoms with Gasteiger partial charge >= 0.3 is 0 Å². The summed E-state index contributed by atoms with van der Waals surface area (Å²) in [5.41, 5.74) is 2.78. The summed E-state index contributed by atoms with van der Waals surface area (Å²) in [5, 5.41) is 8.06. The van der Waals surface area contributed by atoms with Gasteiger partial charge in [0, 0.05) is 18.4 Å². The molecule has 102 valence electrons. The zero-order chi connectivity index (χ0) is 13.1. The number of anilines is 1. The summed E-state index contributed by atoms with van der Waals surface area (Å²) in [6, 6.07) is 0.610. The summed E-state index contributed by atoms with van der Waals surface area (Å²) in [6.45, 7) is 3.10. The lowest BCUT2D eigenvalue weighted by Gasteiger charge is -2.23. The van der Waals surface area contributed by atoms with E-state index in [1.807, 2.05) is 6.20 Å². The second-order valence-corrected chi connectivity index (χ2v) is 6.18. The Morgan fingerprint density at radius 2 is 2.16 bits per heavy atom. The third-order valence-electron chi connectivity index (χ3n) is 3.96. The second-order valence-electron chi connectivity index (χ2n) is 5.44. The topological polar surface area (TPSA) is 29.9 Å². The van der Waals surface area contributed by atoms with Crippen LogP contribution in [0.4, 0.5) is 5.95 Å². The fourth-order valence-corrected chi connectivity index (χ4v) is 3.59. The lowest BCUT2D eigenvalue weighted by molar-refractivity contribution is 0.459. The van der Waals surface area contributed by atoms with Crippen LogP contribution in [0.2, 0.25) is 0 Å². The minimum Gasteiger partial charge on any atom is -0.353 e. The number of aryl methyl sites for hydroxylation is 1. The molecule has 3 rings (SSSR count). The number of nitrogens with zero attached hydrogens (tertiary/aromatic N) is 2. The first-order valence-electron chi connectivity index (χ1n) is 7.12. The summed E-state index contributed by atoms with van der Waals surface area (Å²) >= 11 is 1.78. The fraction of sp³-hybridized carbons (Fsp3) is 0.533. The van der Waals surface area contributed by atoms with Gasteiger partial charge in [0.2, 0.25) is 5.95 Å². The van der Waals surface area contributed by atoms with Gasteiger partial charge in [-0.3, -0.25) is 0 Å². The summed E-state index contributed by atoms with van der Waals surface area (Å²) in [7, 11) is 0. The Morgan fingerprint density at radius 3 is 2.89 bits per heavy atom. The van der Waals surface area contributed by atoms with Crippen LogP contribution in [0.5, 0.6) is 0 Å². The lowest BCUT2D eigenvalue weighted by Crippen LogP contribution is -2.24. The van der Waals surface area contributed by atoms with Crippen molar-refractivity contribution in [1.29, 1.82) is 0 Å². The van der Waals surface area contributed by atoms with Crippen molar-refractivity contribution in [3.63, 3.8) is 0 Å². The van der Waals surface area contributed by atoms with Crippen LogP contribution < -0.4 is 5.32 Å². The predicted molar refractivity (Wildman–Crippen MR) is 80.9 cm³/mol. The molecule has 0 radical (unpaired) electrons. The van der Waals surface area contributed by atoms with E-state index >= 15 is 0 Å². The SMILES string of the molecule is Cc1cscc1Cn1ccnc1NC1CCCCC1. The van der Waals surface area contributed by atoms with Gasteiger partial charge in [-0.2, -0.15) is 11.3 Å². The maximum atomic E-state index is 4.48. The van der Waals surface area contributed by atoms with Crippen LogP contribution in [-0.2, 0) is 6.54 Å². The summed E-state index contributed by atoms with van der Waals surface area (Å²) in [4.78, 5) is 4.48. The Hall–Kier alpha value is -1.29. The van der Waals surface area contributed by atoms with Crippen molar-refractivity contribution in [3.05, 3.63) is 34.3 Å². The molecule has 0 atom stereocenters. The molecule has 0 amide bonds. The monoisotopic (exact) mass is 275 g/mol. The maximum Gasteiger partial charge on any atom is 0.203 e. The smallest absolute Gasteiger partial charge is 0.203 e. The first-order chi connectivity index (χ1) is 9.33. The Labute approximate surface area is 118 Å². The van der Waals surface area contributed by atoms with E-state index in [4.69, 9.17) is 0 Å². The number of nitrogens with one attached hydrogen (secondary N) is 1. The van der Waals surface area contributed by atoms with Crippen molar-refractivity contribution in [3.8, 4) is 0 Å². The molecule has 0 spiro atoms.